The molecule has 2 N–H and O–H groups in total. The summed E-state index contributed by atoms with van der Waals surface area (Å²) in [6, 6.07) is 0.573. The predicted molar refractivity (Wildman–Crippen MR) is 75.2 cm³/mol. The smallest absolute Gasteiger partial charge is 0.0612 e. The number of hydrogen-bond acceptors (Lipinski definition) is 4. The molecule has 0 amide bonds. The van der Waals surface area contributed by atoms with E-state index < -0.39 is 0 Å². The number of nitrogens with one attached hydrogen (secondary N) is 1. The van der Waals surface area contributed by atoms with Gasteiger partial charge in [-0.2, -0.15) is 0 Å². The Kier molecular flexibility index (Phi) is 4.88. The van der Waals surface area contributed by atoms with Gasteiger partial charge in [0.1, 0.15) is 0 Å². The van der Waals surface area contributed by atoms with Crippen LogP contribution >= 0.6 is 0 Å². The summed E-state index contributed by atoms with van der Waals surface area (Å²) in [6.45, 7) is 9.17. The van der Waals surface area contributed by atoms with Gasteiger partial charge < -0.3 is 19.9 Å². The van der Waals surface area contributed by atoms with Gasteiger partial charge in [-0.05, 0) is 46.5 Å². The maximum atomic E-state index is 9.19. The molecule has 1 aliphatic heterocycles. The first-order valence-electron chi connectivity index (χ1n) is 7.52. The fraction of sp³-hybridized carbons (Fsp3) is 1.00. The zero-order chi connectivity index (χ0) is 13.9. The van der Waals surface area contributed by atoms with Crippen LogP contribution < -0.4 is 5.32 Å². The Balaban J connectivity index is 1.67. The van der Waals surface area contributed by atoms with Gasteiger partial charge in [-0.3, -0.25) is 0 Å². The molecule has 0 aromatic carbocycles. The highest BCUT2D eigenvalue weighted by Gasteiger charge is 2.37. The van der Waals surface area contributed by atoms with E-state index >= 15 is 0 Å². The van der Waals surface area contributed by atoms with Gasteiger partial charge >= 0.3 is 0 Å². The average Bonchev–Trinajstić information content (AvgIpc) is 2.69. The molecule has 0 spiro atoms. The summed E-state index contributed by atoms with van der Waals surface area (Å²) in [6.07, 6.45) is 4.52. The monoisotopic (exact) mass is 271 g/mol. The van der Waals surface area contributed by atoms with Gasteiger partial charge in [0.2, 0.25) is 0 Å². The van der Waals surface area contributed by atoms with Crippen molar-refractivity contribution in [3.8, 4) is 0 Å². The zero-order valence-electron chi connectivity index (χ0n) is 12.6. The normalized spacial score (nSPS) is 35.4. The number of rotatable bonds is 6. The molecule has 19 heavy (non-hydrogen) atoms. The molecule has 1 unspecified atom stereocenters. The minimum Gasteiger partial charge on any atom is -0.396 e. The summed E-state index contributed by atoms with van der Waals surface area (Å²) in [7, 11) is 0. The SMILES string of the molecule is CC(C)(C)OC1CC(NCC2(CCO)CCOC2)C1. The van der Waals surface area contributed by atoms with Crippen molar-refractivity contribution >= 4 is 0 Å². The highest BCUT2D eigenvalue weighted by atomic mass is 16.5. The first-order valence-corrected chi connectivity index (χ1v) is 7.52. The quantitative estimate of drug-likeness (QED) is 0.772. The highest BCUT2D eigenvalue weighted by molar-refractivity contribution is 4.92. The van der Waals surface area contributed by atoms with Crippen molar-refractivity contribution < 1.29 is 14.6 Å². The van der Waals surface area contributed by atoms with Crippen LogP contribution in [0.25, 0.3) is 0 Å². The Morgan fingerprint density at radius 1 is 1.37 bits per heavy atom. The fourth-order valence-corrected chi connectivity index (χ4v) is 3.00. The van der Waals surface area contributed by atoms with Gasteiger partial charge in [0.15, 0.2) is 0 Å². The Labute approximate surface area is 116 Å². The fourth-order valence-electron chi connectivity index (χ4n) is 3.00. The molecule has 0 aromatic heterocycles. The lowest BCUT2D eigenvalue weighted by Gasteiger charge is -2.41. The number of hydrogen-bond donors (Lipinski definition) is 2. The van der Waals surface area contributed by atoms with Crippen LogP contribution in [-0.4, -0.2) is 49.2 Å². The van der Waals surface area contributed by atoms with Gasteiger partial charge in [-0.15, -0.1) is 0 Å². The van der Waals surface area contributed by atoms with E-state index in [1.165, 1.54) is 0 Å². The Morgan fingerprint density at radius 3 is 2.63 bits per heavy atom. The zero-order valence-corrected chi connectivity index (χ0v) is 12.6. The van der Waals surface area contributed by atoms with E-state index in [-0.39, 0.29) is 17.6 Å². The predicted octanol–water partition coefficient (Wildman–Crippen LogP) is 1.71. The molecule has 0 bridgehead atoms. The van der Waals surface area contributed by atoms with Crippen molar-refractivity contribution in [1.29, 1.82) is 0 Å². The third kappa shape index (κ3) is 4.42. The van der Waals surface area contributed by atoms with E-state index in [4.69, 9.17) is 9.47 Å². The van der Waals surface area contributed by atoms with Crippen LogP contribution in [0.1, 0.15) is 46.5 Å². The van der Waals surface area contributed by atoms with E-state index in [0.717, 1.165) is 45.4 Å². The van der Waals surface area contributed by atoms with Crippen molar-refractivity contribution in [2.45, 2.75) is 64.2 Å². The van der Waals surface area contributed by atoms with Crippen LogP contribution in [0.5, 0.6) is 0 Å². The third-order valence-electron chi connectivity index (χ3n) is 4.21. The summed E-state index contributed by atoms with van der Waals surface area (Å²) < 4.78 is 11.5. The minimum absolute atomic E-state index is 0.0347. The summed E-state index contributed by atoms with van der Waals surface area (Å²) in [5.41, 5.74) is 0.123. The van der Waals surface area contributed by atoms with Gasteiger partial charge in [0.25, 0.3) is 0 Å². The largest absolute Gasteiger partial charge is 0.396 e. The van der Waals surface area contributed by atoms with E-state index in [9.17, 15) is 5.11 Å². The molecule has 1 atom stereocenters. The van der Waals surface area contributed by atoms with Gasteiger partial charge in [-0.1, -0.05) is 0 Å². The molecule has 1 aliphatic carbocycles. The number of ether oxygens (including phenoxy) is 2. The van der Waals surface area contributed by atoms with Crippen LogP contribution in [-0.2, 0) is 9.47 Å². The molecule has 2 aliphatic rings. The first-order chi connectivity index (χ1) is 8.92. The number of aliphatic hydroxyl groups excluding tert-OH is 1. The molecule has 1 saturated carbocycles. The van der Waals surface area contributed by atoms with Crippen LogP contribution in [0.3, 0.4) is 0 Å². The molecule has 1 heterocycles. The molecule has 1 saturated heterocycles. The van der Waals surface area contributed by atoms with Crippen molar-refractivity contribution in [2.24, 2.45) is 5.41 Å². The highest BCUT2D eigenvalue weighted by Crippen LogP contribution is 2.33. The standard InChI is InChI=1S/C15H29NO3/c1-14(2,3)19-13-8-12(9-13)16-10-15(4-6-17)5-7-18-11-15/h12-13,16-17H,4-11H2,1-3H3. The van der Waals surface area contributed by atoms with Gasteiger partial charge in [0.05, 0.1) is 18.3 Å². The molecule has 2 fully saturated rings. The lowest BCUT2D eigenvalue weighted by atomic mass is 9.82. The molecule has 4 nitrogen and oxygen atoms in total. The Bertz CT molecular complexity index is 276. The van der Waals surface area contributed by atoms with E-state index in [1.807, 2.05) is 0 Å². The third-order valence-corrected chi connectivity index (χ3v) is 4.21. The average molecular weight is 271 g/mol. The molecule has 4 heteroatoms. The second-order valence-corrected chi connectivity index (χ2v) is 7.18. The molecule has 112 valence electrons. The Morgan fingerprint density at radius 2 is 2.11 bits per heavy atom. The number of aliphatic hydroxyl groups is 1. The van der Waals surface area contributed by atoms with Crippen LogP contribution in [0.4, 0.5) is 0 Å². The maximum Gasteiger partial charge on any atom is 0.0612 e. The molecule has 0 aromatic rings. The molecular formula is C15H29NO3. The van der Waals surface area contributed by atoms with Crippen LogP contribution in [0, 0.1) is 5.41 Å². The van der Waals surface area contributed by atoms with Crippen molar-refractivity contribution in [3.05, 3.63) is 0 Å². The maximum absolute atomic E-state index is 9.19. The van der Waals surface area contributed by atoms with E-state index in [2.05, 4.69) is 26.1 Å². The molecular weight excluding hydrogens is 242 g/mol. The van der Waals surface area contributed by atoms with E-state index in [1.54, 1.807) is 0 Å². The second-order valence-electron chi connectivity index (χ2n) is 7.18. The topological polar surface area (TPSA) is 50.7 Å². The van der Waals surface area contributed by atoms with Crippen LogP contribution in [0.15, 0.2) is 0 Å². The van der Waals surface area contributed by atoms with Crippen molar-refractivity contribution in [2.75, 3.05) is 26.4 Å². The lowest BCUT2D eigenvalue weighted by Crippen LogP contribution is -2.50. The summed E-state index contributed by atoms with van der Waals surface area (Å²) in [4.78, 5) is 0. The summed E-state index contributed by atoms with van der Waals surface area (Å²) in [5, 5.41) is 12.8. The Hall–Kier alpha value is -0.160. The van der Waals surface area contributed by atoms with Crippen molar-refractivity contribution in [3.63, 3.8) is 0 Å². The lowest BCUT2D eigenvalue weighted by molar-refractivity contribution is -0.103. The molecule has 2 rings (SSSR count). The summed E-state index contributed by atoms with van der Waals surface area (Å²) >= 11 is 0. The minimum atomic E-state index is -0.0347. The van der Waals surface area contributed by atoms with Gasteiger partial charge in [0, 0.05) is 31.2 Å². The summed E-state index contributed by atoms with van der Waals surface area (Å²) in [5.74, 6) is 0. The van der Waals surface area contributed by atoms with Crippen molar-refractivity contribution in [1.82, 2.24) is 5.32 Å². The second kappa shape index (κ2) is 6.08. The van der Waals surface area contributed by atoms with Crippen LogP contribution in [0.2, 0.25) is 0 Å². The van der Waals surface area contributed by atoms with Gasteiger partial charge in [-0.25, -0.2) is 0 Å². The molecule has 0 radical (unpaired) electrons. The first kappa shape index (κ1) is 15.2. The van der Waals surface area contributed by atoms with E-state index in [0.29, 0.717) is 12.1 Å².